The zero-order chi connectivity index (χ0) is 13.8. The van der Waals surface area contributed by atoms with Crippen LogP contribution in [0.4, 0.5) is 5.69 Å². The van der Waals surface area contributed by atoms with Gasteiger partial charge < -0.3 is 9.73 Å². The van der Waals surface area contributed by atoms with Gasteiger partial charge in [-0.05, 0) is 35.0 Å². The summed E-state index contributed by atoms with van der Waals surface area (Å²) in [6.07, 6.45) is 3.23. The summed E-state index contributed by atoms with van der Waals surface area (Å²) in [6.45, 7) is 6.35. The molecule has 5 nitrogen and oxygen atoms in total. The van der Waals surface area contributed by atoms with E-state index in [9.17, 15) is 4.79 Å². The highest BCUT2D eigenvalue weighted by molar-refractivity contribution is 9.10. The standard InChI is InChI=1S/C13H14BrN3O2/c1-3-6-17-13(18)12(14)11(8-16-17)15-7-10-5-4-9(2)19-10/h3-5,8,15H,1,6-7H2,2H3. The molecule has 19 heavy (non-hydrogen) atoms. The molecule has 0 aliphatic heterocycles. The van der Waals surface area contributed by atoms with Gasteiger partial charge in [0.15, 0.2) is 0 Å². The van der Waals surface area contributed by atoms with Gasteiger partial charge in [0.2, 0.25) is 0 Å². The van der Waals surface area contributed by atoms with Crippen molar-refractivity contribution in [1.29, 1.82) is 0 Å². The lowest BCUT2D eigenvalue weighted by Crippen LogP contribution is -2.23. The van der Waals surface area contributed by atoms with Crippen LogP contribution in [-0.2, 0) is 13.1 Å². The average molecular weight is 324 g/mol. The Hall–Kier alpha value is -1.82. The summed E-state index contributed by atoms with van der Waals surface area (Å²) >= 11 is 3.28. The molecule has 0 spiro atoms. The maximum Gasteiger partial charge on any atom is 0.283 e. The Morgan fingerprint density at radius 1 is 1.58 bits per heavy atom. The number of rotatable bonds is 5. The van der Waals surface area contributed by atoms with Crippen molar-refractivity contribution in [1.82, 2.24) is 9.78 Å². The molecule has 0 saturated heterocycles. The molecule has 2 heterocycles. The molecule has 0 saturated carbocycles. The molecule has 0 aromatic carbocycles. The van der Waals surface area contributed by atoms with E-state index in [1.165, 1.54) is 4.68 Å². The van der Waals surface area contributed by atoms with Crippen LogP contribution in [0.25, 0.3) is 0 Å². The first-order valence-corrected chi connectivity index (χ1v) is 6.57. The second-order valence-electron chi connectivity index (χ2n) is 4.01. The molecule has 0 aliphatic carbocycles. The first-order valence-electron chi connectivity index (χ1n) is 5.77. The van der Waals surface area contributed by atoms with Gasteiger partial charge in [-0.1, -0.05) is 6.08 Å². The van der Waals surface area contributed by atoms with Crippen molar-refractivity contribution in [2.45, 2.75) is 20.0 Å². The number of furan rings is 1. The van der Waals surface area contributed by atoms with Crippen LogP contribution in [0.5, 0.6) is 0 Å². The van der Waals surface area contributed by atoms with Gasteiger partial charge in [0, 0.05) is 0 Å². The van der Waals surface area contributed by atoms with E-state index >= 15 is 0 Å². The number of allylic oxidation sites excluding steroid dienone is 1. The SMILES string of the molecule is C=CCn1ncc(NCc2ccc(C)o2)c(Br)c1=O. The quantitative estimate of drug-likeness (QED) is 0.859. The van der Waals surface area contributed by atoms with Crippen LogP contribution in [0, 0.1) is 6.92 Å². The lowest BCUT2D eigenvalue weighted by atomic mass is 10.4. The zero-order valence-electron chi connectivity index (χ0n) is 10.5. The molecule has 0 fully saturated rings. The molecular formula is C13H14BrN3O2. The van der Waals surface area contributed by atoms with E-state index in [0.29, 0.717) is 23.2 Å². The minimum absolute atomic E-state index is 0.194. The van der Waals surface area contributed by atoms with E-state index < -0.39 is 0 Å². The lowest BCUT2D eigenvalue weighted by Gasteiger charge is -2.08. The summed E-state index contributed by atoms with van der Waals surface area (Å²) in [6, 6.07) is 3.79. The van der Waals surface area contributed by atoms with Gasteiger partial charge in [-0.15, -0.1) is 6.58 Å². The van der Waals surface area contributed by atoms with E-state index in [2.05, 4.69) is 32.9 Å². The molecule has 0 radical (unpaired) electrons. The summed E-state index contributed by atoms with van der Waals surface area (Å²) in [5.41, 5.74) is 0.444. The fraction of sp³-hybridized carbons (Fsp3) is 0.231. The van der Waals surface area contributed by atoms with Crippen molar-refractivity contribution in [3.8, 4) is 0 Å². The third-order valence-electron chi connectivity index (χ3n) is 2.54. The van der Waals surface area contributed by atoms with Crippen molar-refractivity contribution in [2.24, 2.45) is 0 Å². The largest absolute Gasteiger partial charge is 0.465 e. The number of halogens is 1. The fourth-order valence-corrected chi connectivity index (χ4v) is 2.05. The van der Waals surface area contributed by atoms with Crippen LogP contribution < -0.4 is 10.9 Å². The predicted molar refractivity (Wildman–Crippen MR) is 77.2 cm³/mol. The van der Waals surface area contributed by atoms with Gasteiger partial charge >= 0.3 is 0 Å². The molecule has 0 aliphatic rings. The molecule has 0 unspecified atom stereocenters. The van der Waals surface area contributed by atoms with E-state index in [4.69, 9.17) is 4.42 Å². The Morgan fingerprint density at radius 3 is 3.00 bits per heavy atom. The molecule has 0 amide bonds. The Morgan fingerprint density at radius 2 is 2.37 bits per heavy atom. The molecular weight excluding hydrogens is 310 g/mol. The van der Waals surface area contributed by atoms with E-state index in [1.807, 2.05) is 19.1 Å². The summed E-state index contributed by atoms with van der Waals surface area (Å²) in [7, 11) is 0. The molecule has 0 atom stereocenters. The van der Waals surface area contributed by atoms with Crippen LogP contribution in [-0.4, -0.2) is 9.78 Å². The first kappa shape index (κ1) is 13.6. The number of aryl methyl sites for hydroxylation is 1. The maximum atomic E-state index is 11.9. The minimum Gasteiger partial charge on any atom is -0.465 e. The molecule has 6 heteroatoms. The number of nitrogens with zero attached hydrogens (tertiary/aromatic N) is 2. The Labute approximate surface area is 119 Å². The number of hydrogen-bond donors (Lipinski definition) is 1. The summed E-state index contributed by atoms with van der Waals surface area (Å²) in [5.74, 6) is 1.66. The number of aromatic nitrogens is 2. The van der Waals surface area contributed by atoms with E-state index in [0.717, 1.165) is 11.5 Å². The average Bonchev–Trinajstić information content (AvgIpc) is 2.80. The van der Waals surface area contributed by atoms with Crippen LogP contribution in [0.1, 0.15) is 11.5 Å². The van der Waals surface area contributed by atoms with E-state index in [1.54, 1.807) is 12.3 Å². The second-order valence-corrected chi connectivity index (χ2v) is 4.81. The van der Waals surface area contributed by atoms with Crippen LogP contribution in [0.15, 0.2) is 44.7 Å². The smallest absolute Gasteiger partial charge is 0.283 e. The minimum atomic E-state index is -0.194. The van der Waals surface area contributed by atoms with Gasteiger partial charge in [0.25, 0.3) is 5.56 Å². The fourth-order valence-electron chi connectivity index (χ4n) is 1.60. The monoisotopic (exact) mass is 323 g/mol. The highest BCUT2D eigenvalue weighted by atomic mass is 79.9. The Bertz CT molecular complexity index is 646. The van der Waals surface area contributed by atoms with Crippen LogP contribution in [0.2, 0.25) is 0 Å². The van der Waals surface area contributed by atoms with Crippen LogP contribution >= 0.6 is 15.9 Å². The summed E-state index contributed by atoms with van der Waals surface area (Å²) in [5, 5.41) is 7.17. The second kappa shape index (κ2) is 5.88. The van der Waals surface area contributed by atoms with Crippen molar-refractivity contribution in [3.63, 3.8) is 0 Å². The van der Waals surface area contributed by atoms with Crippen LogP contribution in [0.3, 0.4) is 0 Å². The molecule has 100 valence electrons. The number of nitrogens with one attached hydrogen (secondary N) is 1. The molecule has 1 N–H and O–H groups in total. The molecule has 0 bridgehead atoms. The van der Waals surface area contributed by atoms with E-state index in [-0.39, 0.29) is 5.56 Å². The Balaban J connectivity index is 2.15. The molecule has 2 aromatic heterocycles. The van der Waals surface area contributed by atoms with Gasteiger partial charge in [-0.3, -0.25) is 4.79 Å². The summed E-state index contributed by atoms with van der Waals surface area (Å²) < 4.78 is 7.23. The topological polar surface area (TPSA) is 60.1 Å². The molecule has 2 rings (SSSR count). The molecule has 2 aromatic rings. The normalized spacial score (nSPS) is 10.4. The maximum absolute atomic E-state index is 11.9. The number of anilines is 1. The third-order valence-corrected chi connectivity index (χ3v) is 3.30. The van der Waals surface area contributed by atoms with Gasteiger partial charge in [0.05, 0.1) is 25.0 Å². The van der Waals surface area contributed by atoms with Crippen molar-refractivity contribution < 1.29 is 4.42 Å². The highest BCUT2D eigenvalue weighted by Crippen LogP contribution is 2.17. The van der Waals surface area contributed by atoms with Crippen molar-refractivity contribution in [3.05, 3.63) is 57.3 Å². The van der Waals surface area contributed by atoms with Crippen molar-refractivity contribution >= 4 is 21.6 Å². The summed E-state index contributed by atoms with van der Waals surface area (Å²) in [4.78, 5) is 11.9. The van der Waals surface area contributed by atoms with Gasteiger partial charge in [-0.25, -0.2) is 4.68 Å². The third kappa shape index (κ3) is 3.14. The van der Waals surface area contributed by atoms with Gasteiger partial charge in [-0.2, -0.15) is 5.10 Å². The number of hydrogen-bond acceptors (Lipinski definition) is 4. The highest BCUT2D eigenvalue weighted by Gasteiger charge is 2.08. The first-order chi connectivity index (χ1) is 9.11. The van der Waals surface area contributed by atoms with Crippen molar-refractivity contribution in [2.75, 3.05) is 5.32 Å². The lowest BCUT2D eigenvalue weighted by molar-refractivity contribution is 0.490. The predicted octanol–water partition coefficient (Wildman–Crippen LogP) is 2.71. The zero-order valence-corrected chi connectivity index (χ0v) is 12.1. The Kier molecular flexibility index (Phi) is 4.21. The van der Waals surface area contributed by atoms with Gasteiger partial charge in [0.1, 0.15) is 16.0 Å².